The van der Waals surface area contributed by atoms with Crippen molar-refractivity contribution < 1.29 is 65.0 Å². The first kappa shape index (κ1) is 53.7. The second kappa shape index (κ2) is 19.9. The Balaban J connectivity index is 1.30. The molecule has 0 radical (unpaired) electrons. The number of hydrogen-bond acceptors (Lipinski definition) is 14. The Kier molecular flexibility index (Phi) is 15.3. The van der Waals surface area contributed by atoms with Crippen LogP contribution in [0.4, 0.5) is 0 Å². The number of aliphatic hydroxyl groups excluding tert-OH is 8. The Morgan fingerprint density at radius 3 is 2.34 bits per heavy atom. The summed E-state index contributed by atoms with van der Waals surface area (Å²) in [6.45, 7) is 11.9. The summed E-state index contributed by atoms with van der Waals surface area (Å²) in [6.07, 6.45) is 4.54. The number of H-pyrrole nitrogens is 1. The number of fused-ring (bicyclic) bond motifs is 7. The van der Waals surface area contributed by atoms with Crippen molar-refractivity contribution >= 4 is 11.9 Å². The molecule has 22 unspecified atom stereocenters. The fourth-order valence-electron chi connectivity index (χ4n) is 17.3. The van der Waals surface area contributed by atoms with E-state index in [4.69, 9.17) is 15.2 Å². The number of carbonyl (C=O) groups excluding carboxylic acids is 1. The van der Waals surface area contributed by atoms with E-state index in [0.29, 0.717) is 57.1 Å². The van der Waals surface area contributed by atoms with Gasteiger partial charge < -0.3 is 71.5 Å². The van der Waals surface area contributed by atoms with Crippen LogP contribution in [-0.4, -0.2) is 143 Å². The Morgan fingerprint density at radius 1 is 0.971 bits per heavy atom. The van der Waals surface area contributed by atoms with Crippen molar-refractivity contribution in [3.63, 3.8) is 0 Å². The number of carboxylic acids is 1. The van der Waals surface area contributed by atoms with Gasteiger partial charge in [-0.15, -0.1) is 0 Å². The molecule has 1 aromatic heterocycles. The van der Waals surface area contributed by atoms with Gasteiger partial charge in [0.05, 0.1) is 49.7 Å². The minimum absolute atomic E-state index is 0.0101. The molecule has 13 N–H and O–H groups in total. The van der Waals surface area contributed by atoms with Crippen molar-refractivity contribution in [3.05, 3.63) is 29.9 Å². The molecular formula is C53H86N4O13. The van der Waals surface area contributed by atoms with E-state index in [0.717, 1.165) is 25.7 Å². The number of hydrogen-bond donors (Lipinski definition) is 12. The number of nitrogens with zero attached hydrogens (tertiary/aromatic N) is 1. The van der Waals surface area contributed by atoms with Gasteiger partial charge in [0.15, 0.2) is 6.29 Å². The van der Waals surface area contributed by atoms with E-state index in [1.807, 2.05) is 6.92 Å². The van der Waals surface area contributed by atoms with E-state index in [1.165, 1.54) is 5.57 Å². The standard InChI is InChI=1S/C53H86N4O13/c1-7-8-9-10-28-20-53(47(67)68)18-17-48(2,25-59)21-34(53)32-12-13-38-50(4,52(28,32)6)16-15-37-49(3,26-60)44(70-46-43(65)42(64)36(61)24-69-46)41(63)33(51(37,38)5)19-30-31(23-58)45(66)57-40(30)29(11-14-39(54)62)35-22-55-27-56-35/h12,22,27-31,33-34,36-44,46,58-65H,7-11,13-21,23-26,54H2,1-6H3,(H,55,56)(H,57,66)(H,67,68). The minimum Gasteiger partial charge on any atom is -0.481 e. The quantitative estimate of drug-likeness (QED) is 0.0461. The summed E-state index contributed by atoms with van der Waals surface area (Å²) in [7, 11) is 0. The molecule has 2 aliphatic heterocycles. The van der Waals surface area contributed by atoms with Gasteiger partial charge in [0.1, 0.15) is 24.5 Å². The van der Waals surface area contributed by atoms with Gasteiger partial charge in [-0.25, -0.2) is 4.98 Å². The first-order valence-corrected chi connectivity index (χ1v) is 26.5. The van der Waals surface area contributed by atoms with Crippen LogP contribution >= 0.6 is 0 Å². The van der Waals surface area contributed by atoms with Gasteiger partial charge in [-0.3, -0.25) is 9.59 Å². The van der Waals surface area contributed by atoms with Crippen LogP contribution in [0.15, 0.2) is 24.2 Å². The van der Waals surface area contributed by atoms with E-state index in [2.05, 4.69) is 56.0 Å². The average molecular weight is 987 g/mol. The summed E-state index contributed by atoms with van der Waals surface area (Å²) < 4.78 is 12.5. The van der Waals surface area contributed by atoms with Gasteiger partial charge in [0, 0.05) is 35.9 Å². The maximum atomic E-state index is 14.1. The summed E-state index contributed by atoms with van der Waals surface area (Å²) in [5.74, 6) is -4.41. The van der Waals surface area contributed by atoms with Crippen LogP contribution in [0.5, 0.6) is 0 Å². The Hall–Kier alpha value is -2.55. The monoisotopic (exact) mass is 987 g/mol. The molecule has 1 aromatic rings. The number of aliphatic hydroxyl groups is 8. The van der Waals surface area contributed by atoms with Crippen molar-refractivity contribution in [1.82, 2.24) is 15.3 Å². The summed E-state index contributed by atoms with van der Waals surface area (Å²) in [5.41, 5.74) is 3.45. The molecule has 17 nitrogen and oxygen atoms in total. The maximum Gasteiger partial charge on any atom is 0.310 e. The van der Waals surface area contributed by atoms with Crippen molar-refractivity contribution in [2.24, 2.45) is 79.6 Å². The minimum atomic E-state index is -1.67. The lowest BCUT2D eigenvalue weighted by molar-refractivity contribution is -0.341. The number of allylic oxidation sites excluding steroid dienone is 2. The van der Waals surface area contributed by atoms with Gasteiger partial charge in [0.25, 0.3) is 0 Å². The molecule has 0 spiro atoms. The number of imidazole rings is 1. The molecule has 17 heteroatoms. The van der Waals surface area contributed by atoms with E-state index in [-0.39, 0.29) is 55.6 Å². The van der Waals surface area contributed by atoms with E-state index in [9.17, 15) is 55.5 Å². The number of carboxylic acid groups (broad SMARTS) is 1. The smallest absolute Gasteiger partial charge is 0.310 e. The zero-order valence-electron chi connectivity index (χ0n) is 42.4. The lowest BCUT2D eigenvalue weighted by Crippen LogP contribution is -2.73. The third-order valence-electron chi connectivity index (χ3n) is 21.4. The first-order valence-electron chi connectivity index (χ1n) is 26.5. The second-order valence-corrected chi connectivity index (χ2v) is 24.7. The topological polar surface area (TPSA) is 301 Å². The first-order chi connectivity index (χ1) is 33.1. The predicted molar refractivity (Wildman–Crippen MR) is 257 cm³/mol. The highest BCUT2D eigenvalue weighted by Gasteiger charge is 2.75. The molecule has 0 bridgehead atoms. The van der Waals surface area contributed by atoms with Crippen LogP contribution in [0.25, 0.3) is 0 Å². The van der Waals surface area contributed by atoms with Gasteiger partial charge >= 0.3 is 5.97 Å². The molecule has 1 amide bonds. The van der Waals surface area contributed by atoms with Crippen LogP contribution in [0, 0.1) is 73.9 Å². The SMILES string of the molecule is CCCCCC1CC2(C(=O)O)CCC(C)(CO)CC2C2=CCC3C4(C)C(CC5C(CO)C(=O)NC5C(CCC(N)O)c5cnc[nH]5)C(O)C(OC5OCC(O)C(O)C5O)C(C)(CO)C4CCC3(C)C21C. The van der Waals surface area contributed by atoms with Gasteiger partial charge in [-0.2, -0.15) is 0 Å². The van der Waals surface area contributed by atoms with Crippen LogP contribution in [0.3, 0.4) is 0 Å². The zero-order chi connectivity index (χ0) is 50.9. The molecule has 70 heavy (non-hydrogen) atoms. The van der Waals surface area contributed by atoms with Crippen molar-refractivity contribution in [1.29, 1.82) is 0 Å². The summed E-state index contributed by atoms with van der Waals surface area (Å²) in [5, 5.41) is 105. The Labute approximate surface area is 413 Å². The van der Waals surface area contributed by atoms with E-state index in [1.54, 1.807) is 12.5 Å². The van der Waals surface area contributed by atoms with Crippen molar-refractivity contribution in [3.8, 4) is 0 Å². The third-order valence-corrected chi connectivity index (χ3v) is 21.4. The largest absolute Gasteiger partial charge is 0.481 e. The van der Waals surface area contributed by atoms with E-state index < -0.39 is 124 Å². The molecular weight excluding hydrogens is 901 g/mol. The number of aromatic amines is 1. The number of nitrogens with one attached hydrogen (secondary N) is 2. The normalized spacial score (nSPS) is 47.8. The maximum absolute atomic E-state index is 14.1. The summed E-state index contributed by atoms with van der Waals surface area (Å²) in [4.78, 5) is 35.5. The molecule has 0 aromatic carbocycles. The number of rotatable bonds is 17. The number of carbonyl (C=O) groups is 2. The van der Waals surface area contributed by atoms with Crippen LogP contribution in [0.1, 0.15) is 143 Å². The number of ether oxygens (including phenoxy) is 2. The lowest BCUT2D eigenvalue weighted by atomic mass is 9.30. The highest BCUT2D eigenvalue weighted by molar-refractivity contribution is 5.82. The summed E-state index contributed by atoms with van der Waals surface area (Å²) >= 11 is 0. The zero-order valence-corrected chi connectivity index (χ0v) is 42.4. The fraction of sp³-hybridized carbons (Fsp3) is 0.868. The van der Waals surface area contributed by atoms with Gasteiger partial charge in [-0.05, 0) is 128 Å². The molecule has 8 rings (SSSR count). The molecule has 7 aliphatic rings. The van der Waals surface area contributed by atoms with E-state index >= 15 is 0 Å². The van der Waals surface area contributed by atoms with Crippen molar-refractivity contribution in [2.75, 3.05) is 26.4 Å². The molecule has 4 saturated carbocycles. The number of amides is 1. The fourth-order valence-corrected chi connectivity index (χ4v) is 17.3. The predicted octanol–water partition coefficient (Wildman–Crippen LogP) is 3.32. The Morgan fingerprint density at radius 2 is 1.71 bits per heavy atom. The van der Waals surface area contributed by atoms with Gasteiger partial charge in [-0.1, -0.05) is 72.5 Å². The van der Waals surface area contributed by atoms with Crippen LogP contribution in [-0.2, 0) is 19.1 Å². The highest BCUT2D eigenvalue weighted by atomic mass is 16.7. The molecule has 5 aliphatic carbocycles. The van der Waals surface area contributed by atoms with Crippen LogP contribution < -0.4 is 11.1 Å². The average Bonchev–Trinajstić information content (AvgIpc) is 3.97. The van der Waals surface area contributed by atoms with Crippen molar-refractivity contribution in [2.45, 2.75) is 186 Å². The number of unbranched alkanes of at least 4 members (excludes halogenated alkanes) is 2. The third kappa shape index (κ3) is 8.35. The number of nitrogens with two attached hydrogens (primary N) is 1. The second-order valence-electron chi connectivity index (χ2n) is 24.7. The highest BCUT2D eigenvalue weighted by Crippen LogP contribution is 2.78. The molecule has 6 fully saturated rings. The molecule has 2 saturated heterocycles. The van der Waals surface area contributed by atoms with Gasteiger partial charge in [0.2, 0.25) is 5.91 Å². The Bertz CT molecular complexity index is 2040. The molecule has 3 heterocycles. The van der Waals surface area contributed by atoms with Crippen LogP contribution in [0.2, 0.25) is 0 Å². The number of aromatic nitrogens is 2. The number of aliphatic carboxylic acids is 1. The summed E-state index contributed by atoms with van der Waals surface area (Å²) in [6, 6.07) is -0.591. The lowest BCUT2D eigenvalue weighted by Gasteiger charge is -2.74. The molecule has 22 atom stereocenters. The molecule has 396 valence electrons.